The van der Waals surface area contributed by atoms with Crippen molar-refractivity contribution in [2.45, 2.75) is 97.8 Å². The molecule has 0 heterocycles. The van der Waals surface area contributed by atoms with Crippen LogP contribution in [0.4, 0.5) is 0 Å². The summed E-state index contributed by atoms with van der Waals surface area (Å²) < 4.78 is 6.11. The number of unbranched alkanes of at least 4 members (excludes halogenated alkanes) is 8. The predicted molar refractivity (Wildman–Crippen MR) is 151 cm³/mol. The van der Waals surface area contributed by atoms with Crippen molar-refractivity contribution in [2.75, 3.05) is 6.61 Å². The molecular formula is C33H44O2. The highest BCUT2D eigenvalue weighted by Crippen LogP contribution is 2.36. The van der Waals surface area contributed by atoms with Gasteiger partial charge in [-0.25, -0.2) is 0 Å². The van der Waals surface area contributed by atoms with Crippen LogP contribution in [0.1, 0.15) is 107 Å². The lowest BCUT2D eigenvalue weighted by atomic mass is 9.87. The van der Waals surface area contributed by atoms with Gasteiger partial charge in [-0.3, -0.25) is 4.79 Å². The molecular weight excluding hydrogens is 428 g/mol. The second-order valence-electron chi connectivity index (χ2n) is 9.73. The normalized spacial score (nSPS) is 11.2. The van der Waals surface area contributed by atoms with Crippen LogP contribution in [0.25, 0.3) is 21.9 Å². The standard InChI is InChI=1S/C33H44O2/c1-4-7-9-10-11-12-13-16-24-35-28-22-23-29-27(25-28)21-20-26(6-3)33(29)31-18-15-14-17-30(31)32(34)19-8-5-2/h14-15,17-18,20-23,25H,4-13,16,19,24H2,1-3H3. The zero-order valence-corrected chi connectivity index (χ0v) is 22.2. The highest BCUT2D eigenvalue weighted by Gasteiger charge is 2.17. The Morgan fingerprint density at radius 2 is 1.46 bits per heavy atom. The van der Waals surface area contributed by atoms with Gasteiger partial charge in [0.2, 0.25) is 0 Å². The lowest BCUT2D eigenvalue weighted by Crippen LogP contribution is -2.03. The highest BCUT2D eigenvalue weighted by atomic mass is 16.5. The number of aryl methyl sites for hydroxylation is 1. The Kier molecular flexibility index (Phi) is 11.3. The van der Waals surface area contributed by atoms with Gasteiger partial charge in [-0.15, -0.1) is 0 Å². The minimum absolute atomic E-state index is 0.242. The quantitative estimate of drug-likeness (QED) is 0.153. The minimum atomic E-state index is 0.242. The van der Waals surface area contributed by atoms with Crippen LogP contribution in [0.3, 0.4) is 0 Å². The zero-order chi connectivity index (χ0) is 24.9. The SMILES string of the molecule is CCCCCCCCCCOc1ccc2c(-c3ccccc3C(=O)CCCC)c(CC)ccc2c1. The van der Waals surface area contributed by atoms with Crippen LogP contribution < -0.4 is 4.74 Å². The van der Waals surface area contributed by atoms with Crippen LogP contribution >= 0.6 is 0 Å². The number of hydrogen-bond donors (Lipinski definition) is 0. The van der Waals surface area contributed by atoms with Gasteiger partial charge < -0.3 is 4.74 Å². The van der Waals surface area contributed by atoms with E-state index in [2.05, 4.69) is 57.2 Å². The average Bonchev–Trinajstić information content (AvgIpc) is 2.90. The summed E-state index contributed by atoms with van der Waals surface area (Å²) in [5.41, 5.74) is 4.38. The molecule has 0 aromatic heterocycles. The van der Waals surface area contributed by atoms with Crippen LogP contribution in [-0.4, -0.2) is 12.4 Å². The fourth-order valence-electron chi connectivity index (χ4n) is 4.90. The van der Waals surface area contributed by atoms with E-state index in [-0.39, 0.29) is 5.78 Å². The molecule has 3 rings (SSSR count). The van der Waals surface area contributed by atoms with Gasteiger partial charge in [0.15, 0.2) is 5.78 Å². The lowest BCUT2D eigenvalue weighted by Gasteiger charge is -2.16. The predicted octanol–water partition coefficient (Wildman–Crippen LogP) is 9.96. The van der Waals surface area contributed by atoms with E-state index < -0.39 is 0 Å². The third kappa shape index (κ3) is 7.69. The van der Waals surface area contributed by atoms with Crippen molar-refractivity contribution in [3.05, 3.63) is 65.7 Å². The third-order valence-corrected chi connectivity index (χ3v) is 6.98. The first-order valence-electron chi connectivity index (χ1n) is 14.0. The topological polar surface area (TPSA) is 26.3 Å². The summed E-state index contributed by atoms with van der Waals surface area (Å²) in [6.45, 7) is 7.36. The summed E-state index contributed by atoms with van der Waals surface area (Å²) in [6, 6.07) is 19.0. The second kappa shape index (κ2) is 14.7. The maximum Gasteiger partial charge on any atom is 0.163 e. The summed E-state index contributed by atoms with van der Waals surface area (Å²) in [5, 5.41) is 2.36. The van der Waals surface area contributed by atoms with E-state index in [9.17, 15) is 4.79 Å². The van der Waals surface area contributed by atoms with Crippen LogP contribution in [-0.2, 0) is 6.42 Å². The molecule has 0 amide bonds. The second-order valence-corrected chi connectivity index (χ2v) is 9.73. The summed E-state index contributed by atoms with van der Waals surface area (Å²) in [7, 11) is 0. The number of ether oxygens (including phenoxy) is 1. The van der Waals surface area contributed by atoms with E-state index >= 15 is 0 Å². The number of rotatable bonds is 16. The molecule has 0 unspecified atom stereocenters. The molecule has 0 radical (unpaired) electrons. The first-order valence-corrected chi connectivity index (χ1v) is 14.0. The van der Waals surface area contributed by atoms with Gasteiger partial charge in [-0.1, -0.05) is 115 Å². The molecule has 0 aliphatic heterocycles. The van der Waals surface area contributed by atoms with E-state index in [0.29, 0.717) is 6.42 Å². The molecule has 0 saturated heterocycles. The van der Waals surface area contributed by atoms with E-state index in [0.717, 1.165) is 49.2 Å². The van der Waals surface area contributed by atoms with Gasteiger partial charge >= 0.3 is 0 Å². The minimum Gasteiger partial charge on any atom is -0.494 e. The Morgan fingerprint density at radius 3 is 2.20 bits per heavy atom. The number of hydrogen-bond acceptors (Lipinski definition) is 2. The maximum atomic E-state index is 13.0. The molecule has 188 valence electrons. The zero-order valence-electron chi connectivity index (χ0n) is 22.2. The largest absolute Gasteiger partial charge is 0.494 e. The Morgan fingerprint density at radius 1 is 0.743 bits per heavy atom. The maximum absolute atomic E-state index is 13.0. The van der Waals surface area contributed by atoms with Crippen molar-refractivity contribution in [2.24, 2.45) is 0 Å². The summed E-state index contributed by atoms with van der Waals surface area (Å²) in [6.07, 6.45) is 13.9. The van der Waals surface area contributed by atoms with Gasteiger partial charge in [-0.05, 0) is 58.9 Å². The monoisotopic (exact) mass is 472 g/mol. The third-order valence-electron chi connectivity index (χ3n) is 6.98. The smallest absolute Gasteiger partial charge is 0.163 e. The number of ketones is 1. The molecule has 3 aromatic carbocycles. The fourth-order valence-corrected chi connectivity index (χ4v) is 4.90. The van der Waals surface area contributed by atoms with E-state index in [1.165, 1.54) is 66.8 Å². The number of fused-ring (bicyclic) bond motifs is 1. The molecule has 0 N–H and O–H groups in total. The molecule has 0 saturated carbocycles. The van der Waals surface area contributed by atoms with Gasteiger partial charge in [0, 0.05) is 12.0 Å². The van der Waals surface area contributed by atoms with E-state index in [1.807, 2.05) is 18.2 Å². The number of carbonyl (C=O) groups excluding carboxylic acids is 1. The van der Waals surface area contributed by atoms with Gasteiger partial charge in [-0.2, -0.15) is 0 Å². The van der Waals surface area contributed by atoms with Gasteiger partial charge in [0.05, 0.1) is 6.61 Å². The molecule has 0 bridgehead atoms. The van der Waals surface area contributed by atoms with Crippen LogP contribution in [0, 0.1) is 0 Å². The average molecular weight is 473 g/mol. The molecule has 2 nitrogen and oxygen atoms in total. The molecule has 2 heteroatoms. The lowest BCUT2D eigenvalue weighted by molar-refractivity contribution is 0.0980. The highest BCUT2D eigenvalue weighted by molar-refractivity contribution is 6.07. The van der Waals surface area contributed by atoms with Gasteiger partial charge in [0.1, 0.15) is 5.75 Å². The Hall–Kier alpha value is -2.61. The van der Waals surface area contributed by atoms with Crippen LogP contribution in [0.15, 0.2) is 54.6 Å². The molecule has 35 heavy (non-hydrogen) atoms. The number of Topliss-reactive ketones (excluding diaryl/α,β-unsaturated/α-hetero) is 1. The Labute approximate surface area is 213 Å². The molecule has 3 aromatic rings. The van der Waals surface area contributed by atoms with Crippen molar-refractivity contribution >= 4 is 16.6 Å². The van der Waals surface area contributed by atoms with E-state index in [4.69, 9.17) is 4.74 Å². The summed E-state index contributed by atoms with van der Waals surface area (Å²) in [5.74, 6) is 1.18. The summed E-state index contributed by atoms with van der Waals surface area (Å²) in [4.78, 5) is 13.0. The van der Waals surface area contributed by atoms with Gasteiger partial charge in [0.25, 0.3) is 0 Å². The molecule has 0 aliphatic rings. The first-order chi connectivity index (χ1) is 17.2. The van der Waals surface area contributed by atoms with Crippen molar-refractivity contribution < 1.29 is 9.53 Å². The molecule has 0 atom stereocenters. The van der Waals surface area contributed by atoms with Crippen LogP contribution in [0.2, 0.25) is 0 Å². The van der Waals surface area contributed by atoms with Crippen molar-refractivity contribution in [1.29, 1.82) is 0 Å². The fraction of sp³-hybridized carbons (Fsp3) is 0.485. The van der Waals surface area contributed by atoms with Crippen LogP contribution in [0.5, 0.6) is 5.75 Å². The first kappa shape index (κ1) is 27.0. The Balaban J connectivity index is 1.74. The molecule has 0 fully saturated rings. The molecule has 0 spiro atoms. The number of carbonyl (C=O) groups is 1. The number of benzene rings is 3. The van der Waals surface area contributed by atoms with Crippen molar-refractivity contribution in [3.8, 4) is 16.9 Å². The summed E-state index contributed by atoms with van der Waals surface area (Å²) >= 11 is 0. The Bertz CT molecular complexity index is 1070. The van der Waals surface area contributed by atoms with E-state index in [1.54, 1.807) is 0 Å². The van der Waals surface area contributed by atoms with Crippen molar-refractivity contribution in [3.63, 3.8) is 0 Å². The molecule has 0 aliphatic carbocycles. The van der Waals surface area contributed by atoms with Crippen molar-refractivity contribution in [1.82, 2.24) is 0 Å².